The summed E-state index contributed by atoms with van der Waals surface area (Å²) in [4.78, 5) is 38.4. The lowest BCUT2D eigenvalue weighted by atomic mass is 10.1. The van der Waals surface area contributed by atoms with Crippen LogP contribution in [-0.4, -0.2) is 37.2 Å². The molecular formula is C75H120O6. The highest BCUT2D eigenvalue weighted by Gasteiger charge is 2.19. The highest BCUT2D eigenvalue weighted by molar-refractivity contribution is 5.71. The molecule has 0 aliphatic carbocycles. The topological polar surface area (TPSA) is 78.9 Å². The zero-order chi connectivity index (χ0) is 58.5. The molecule has 6 heteroatoms. The smallest absolute Gasteiger partial charge is 0.306 e. The molecule has 0 saturated heterocycles. The van der Waals surface area contributed by atoms with Gasteiger partial charge in [-0.15, -0.1) is 0 Å². The molecule has 81 heavy (non-hydrogen) atoms. The summed E-state index contributed by atoms with van der Waals surface area (Å²) in [5.74, 6) is -1.02. The van der Waals surface area contributed by atoms with Crippen molar-refractivity contribution in [1.82, 2.24) is 0 Å². The van der Waals surface area contributed by atoms with Crippen molar-refractivity contribution in [3.05, 3.63) is 158 Å². The van der Waals surface area contributed by atoms with Gasteiger partial charge in [-0.25, -0.2) is 0 Å². The van der Waals surface area contributed by atoms with Crippen LogP contribution in [0.25, 0.3) is 0 Å². The SMILES string of the molecule is CC/C=C\C/C=C\C/C=C\C/C=C\C/C=C\C/C=C\CCC(=O)OCC(COC(=O)CCCCCCCCCC/C=C\C/C=C\C/C=C\CCCCCCC)OC(=O)CCCCCCCCCC/C=C\C/C=C\C/C=C\C/C=C\CC. The molecular weight excluding hydrogens is 997 g/mol. The molecule has 456 valence electrons. The molecule has 0 spiro atoms. The van der Waals surface area contributed by atoms with Gasteiger partial charge in [-0.3, -0.25) is 14.4 Å². The minimum atomic E-state index is -0.827. The Morgan fingerprint density at radius 2 is 0.506 bits per heavy atom. The average molecular weight is 1120 g/mol. The monoisotopic (exact) mass is 1120 g/mol. The van der Waals surface area contributed by atoms with Crippen molar-refractivity contribution in [2.24, 2.45) is 0 Å². The fourth-order valence-corrected chi connectivity index (χ4v) is 8.64. The van der Waals surface area contributed by atoms with Gasteiger partial charge in [0.2, 0.25) is 0 Å². The van der Waals surface area contributed by atoms with Crippen molar-refractivity contribution in [1.29, 1.82) is 0 Å². The van der Waals surface area contributed by atoms with Crippen LogP contribution in [0.3, 0.4) is 0 Å². The van der Waals surface area contributed by atoms with Crippen molar-refractivity contribution in [3.8, 4) is 0 Å². The minimum absolute atomic E-state index is 0.115. The largest absolute Gasteiger partial charge is 0.462 e. The molecule has 0 aliphatic rings. The van der Waals surface area contributed by atoms with Crippen LogP contribution in [0.15, 0.2) is 158 Å². The summed E-state index contributed by atoms with van der Waals surface area (Å²) >= 11 is 0. The van der Waals surface area contributed by atoms with Gasteiger partial charge in [-0.1, -0.05) is 281 Å². The predicted octanol–water partition coefficient (Wildman–Crippen LogP) is 22.9. The van der Waals surface area contributed by atoms with E-state index >= 15 is 0 Å². The molecule has 1 atom stereocenters. The molecule has 0 aromatic rings. The van der Waals surface area contributed by atoms with Crippen LogP contribution in [0.1, 0.15) is 278 Å². The second kappa shape index (κ2) is 67.5. The lowest BCUT2D eigenvalue weighted by Crippen LogP contribution is -2.30. The number of hydrogen-bond donors (Lipinski definition) is 0. The molecule has 0 aromatic carbocycles. The molecule has 0 amide bonds. The van der Waals surface area contributed by atoms with Crippen LogP contribution >= 0.6 is 0 Å². The summed E-state index contributed by atoms with van der Waals surface area (Å²) in [5, 5.41) is 0. The van der Waals surface area contributed by atoms with Crippen molar-refractivity contribution >= 4 is 17.9 Å². The molecule has 0 aliphatic heterocycles. The molecule has 0 heterocycles. The normalized spacial score (nSPS) is 13.2. The fraction of sp³-hybridized carbons (Fsp3) is 0.613. The third kappa shape index (κ3) is 65.7. The summed E-state index contributed by atoms with van der Waals surface area (Å²) < 4.78 is 16.9. The lowest BCUT2D eigenvalue weighted by molar-refractivity contribution is -0.166. The van der Waals surface area contributed by atoms with E-state index in [-0.39, 0.29) is 37.5 Å². The molecule has 1 unspecified atom stereocenters. The van der Waals surface area contributed by atoms with Gasteiger partial charge in [-0.05, 0) is 135 Å². The number of carbonyl (C=O) groups is 3. The van der Waals surface area contributed by atoms with Crippen LogP contribution < -0.4 is 0 Å². The van der Waals surface area contributed by atoms with Crippen LogP contribution in [-0.2, 0) is 28.6 Å². The number of carbonyl (C=O) groups excluding carboxylic acids is 3. The predicted molar refractivity (Wildman–Crippen MR) is 352 cm³/mol. The average Bonchev–Trinajstić information content (AvgIpc) is 3.47. The van der Waals surface area contributed by atoms with Gasteiger partial charge in [0.1, 0.15) is 13.2 Å². The lowest BCUT2D eigenvalue weighted by Gasteiger charge is -2.18. The number of unbranched alkanes of at least 4 members (excludes halogenated alkanes) is 21. The van der Waals surface area contributed by atoms with E-state index in [1.807, 2.05) is 6.08 Å². The first-order chi connectivity index (χ1) is 40.0. The number of allylic oxidation sites excluding steroid dienone is 26. The van der Waals surface area contributed by atoms with E-state index < -0.39 is 6.10 Å². The van der Waals surface area contributed by atoms with Crippen molar-refractivity contribution in [2.75, 3.05) is 13.2 Å². The zero-order valence-corrected chi connectivity index (χ0v) is 52.2. The Labute approximate surface area is 499 Å². The van der Waals surface area contributed by atoms with Crippen LogP contribution in [0.2, 0.25) is 0 Å². The fourth-order valence-electron chi connectivity index (χ4n) is 8.64. The number of ether oxygens (including phenoxy) is 3. The third-order valence-electron chi connectivity index (χ3n) is 13.5. The standard InChI is InChI=1S/C75H120O6/c1-4-7-10-13-16-19-22-25-28-31-34-36-37-39-41-44-47-50-53-56-59-62-65-68-74(77)80-71-72(70-79-73(76)67-64-61-58-55-52-49-46-43-40-33-30-27-24-21-18-15-12-9-6-3)81-75(78)69-66-63-60-57-54-51-48-45-42-38-35-32-29-26-23-20-17-14-11-8-5-2/h8-9,11-12,17-18,20-22,25-27,29-31,34-35,37-40,43,49,52,58,61,72H,4-7,10,13-16,19,23-24,28,32-33,36,41-42,44-48,50-51,53-57,59-60,62-71H2,1-3H3/b11-8-,12-9-,20-17-,21-18-,25-22-,29-26-,30-27-,34-31-,38-35-,39-37-,43-40-,52-49-,61-58-. The summed E-state index contributed by atoms with van der Waals surface area (Å²) in [6.45, 7) is 6.33. The zero-order valence-electron chi connectivity index (χ0n) is 52.2. The Kier molecular flexibility index (Phi) is 63.4. The van der Waals surface area contributed by atoms with E-state index in [4.69, 9.17) is 14.2 Å². The van der Waals surface area contributed by atoms with Gasteiger partial charge < -0.3 is 14.2 Å². The quantitative estimate of drug-likeness (QED) is 0.0261. The van der Waals surface area contributed by atoms with Gasteiger partial charge in [0.15, 0.2) is 6.10 Å². The van der Waals surface area contributed by atoms with Gasteiger partial charge in [-0.2, -0.15) is 0 Å². The van der Waals surface area contributed by atoms with Crippen molar-refractivity contribution < 1.29 is 28.6 Å². The molecule has 0 aromatic heterocycles. The van der Waals surface area contributed by atoms with Crippen molar-refractivity contribution in [2.45, 2.75) is 284 Å². The maximum Gasteiger partial charge on any atom is 0.306 e. The summed E-state index contributed by atoms with van der Waals surface area (Å²) in [6.07, 6.45) is 98.3. The van der Waals surface area contributed by atoms with Crippen LogP contribution in [0.4, 0.5) is 0 Å². The summed E-state index contributed by atoms with van der Waals surface area (Å²) in [5.41, 5.74) is 0. The second-order valence-corrected chi connectivity index (χ2v) is 21.3. The Morgan fingerprint density at radius 1 is 0.259 bits per heavy atom. The molecule has 0 radical (unpaired) electrons. The Bertz CT molecular complexity index is 1810. The maximum atomic E-state index is 12.9. The minimum Gasteiger partial charge on any atom is -0.462 e. The third-order valence-corrected chi connectivity index (χ3v) is 13.5. The van der Waals surface area contributed by atoms with Crippen LogP contribution in [0.5, 0.6) is 0 Å². The molecule has 0 bridgehead atoms. The number of rotatable bonds is 58. The van der Waals surface area contributed by atoms with Gasteiger partial charge >= 0.3 is 17.9 Å². The van der Waals surface area contributed by atoms with E-state index in [1.54, 1.807) is 0 Å². The molecule has 0 saturated carbocycles. The van der Waals surface area contributed by atoms with E-state index in [2.05, 4.69) is 173 Å². The first-order valence-corrected chi connectivity index (χ1v) is 33.0. The Morgan fingerprint density at radius 3 is 0.827 bits per heavy atom. The Balaban J connectivity index is 4.53. The Hall–Kier alpha value is -4.97. The maximum absolute atomic E-state index is 12.9. The number of hydrogen-bond acceptors (Lipinski definition) is 6. The van der Waals surface area contributed by atoms with Gasteiger partial charge in [0.05, 0.1) is 0 Å². The van der Waals surface area contributed by atoms with Gasteiger partial charge in [0.25, 0.3) is 0 Å². The number of esters is 3. The van der Waals surface area contributed by atoms with Crippen molar-refractivity contribution in [3.63, 3.8) is 0 Å². The second-order valence-electron chi connectivity index (χ2n) is 21.3. The molecule has 0 fully saturated rings. The first-order valence-electron chi connectivity index (χ1n) is 33.0. The van der Waals surface area contributed by atoms with E-state index in [1.165, 1.54) is 103 Å². The van der Waals surface area contributed by atoms with E-state index in [0.717, 1.165) is 128 Å². The highest BCUT2D eigenvalue weighted by Crippen LogP contribution is 2.15. The highest BCUT2D eigenvalue weighted by atomic mass is 16.6. The van der Waals surface area contributed by atoms with E-state index in [9.17, 15) is 14.4 Å². The first kappa shape index (κ1) is 76.0. The summed E-state index contributed by atoms with van der Waals surface area (Å²) in [6, 6.07) is 0. The molecule has 0 rings (SSSR count). The van der Waals surface area contributed by atoms with Crippen LogP contribution in [0, 0.1) is 0 Å². The molecule has 0 N–H and O–H groups in total. The molecule has 6 nitrogen and oxygen atoms in total. The van der Waals surface area contributed by atoms with E-state index in [0.29, 0.717) is 19.3 Å². The summed E-state index contributed by atoms with van der Waals surface area (Å²) in [7, 11) is 0. The van der Waals surface area contributed by atoms with Gasteiger partial charge in [0, 0.05) is 19.3 Å².